The van der Waals surface area contributed by atoms with E-state index in [1.54, 1.807) is 4.90 Å². The molecule has 2 fully saturated rings. The molecule has 8 heteroatoms. The van der Waals surface area contributed by atoms with E-state index in [1.807, 2.05) is 0 Å². The van der Waals surface area contributed by atoms with Crippen LogP contribution in [0.4, 0.5) is 0 Å². The SMILES string of the molecule is CS(=O)(=O)NC1CC2(CCN(C(=O)c3cnccn3)C2)C1. The Labute approximate surface area is 123 Å². The molecule has 0 unspecified atom stereocenters. The van der Waals surface area contributed by atoms with Crippen molar-refractivity contribution in [1.82, 2.24) is 19.6 Å². The highest BCUT2D eigenvalue weighted by Gasteiger charge is 2.50. The normalized spacial score (nSPS) is 28.6. The topological polar surface area (TPSA) is 92.3 Å². The van der Waals surface area contributed by atoms with Gasteiger partial charge in [-0.15, -0.1) is 0 Å². The van der Waals surface area contributed by atoms with Crippen LogP contribution in [0.25, 0.3) is 0 Å². The summed E-state index contributed by atoms with van der Waals surface area (Å²) in [5, 5.41) is 0. The van der Waals surface area contributed by atoms with Gasteiger partial charge in [0.25, 0.3) is 5.91 Å². The molecule has 1 amide bonds. The summed E-state index contributed by atoms with van der Waals surface area (Å²) in [5.74, 6) is -0.0977. The van der Waals surface area contributed by atoms with Gasteiger partial charge >= 0.3 is 0 Å². The van der Waals surface area contributed by atoms with Crippen LogP contribution in [-0.2, 0) is 10.0 Å². The molecular formula is C13H18N4O3S. The third kappa shape index (κ3) is 3.06. The molecule has 1 aromatic rings. The number of nitrogens with zero attached hydrogens (tertiary/aromatic N) is 3. The fraction of sp³-hybridized carbons (Fsp3) is 0.615. The van der Waals surface area contributed by atoms with E-state index < -0.39 is 10.0 Å². The Balaban J connectivity index is 1.59. The summed E-state index contributed by atoms with van der Waals surface area (Å²) >= 11 is 0. The molecule has 1 aliphatic carbocycles. The van der Waals surface area contributed by atoms with E-state index >= 15 is 0 Å². The first-order valence-electron chi connectivity index (χ1n) is 6.90. The number of hydrogen-bond donors (Lipinski definition) is 1. The summed E-state index contributed by atoms with van der Waals surface area (Å²) in [5.41, 5.74) is 0.430. The molecule has 21 heavy (non-hydrogen) atoms. The van der Waals surface area contributed by atoms with Gasteiger partial charge in [-0.25, -0.2) is 18.1 Å². The lowest BCUT2D eigenvalue weighted by molar-refractivity contribution is 0.0683. The summed E-state index contributed by atoms with van der Waals surface area (Å²) in [7, 11) is -3.15. The molecule has 1 saturated heterocycles. The van der Waals surface area contributed by atoms with Gasteiger partial charge in [-0.3, -0.25) is 9.78 Å². The summed E-state index contributed by atoms with van der Waals surface area (Å²) in [6.07, 6.45) is 8.21. The molecule has 1 aliphatic heterocycles. The van der Waals surface area contributed by atoms with Crippen LogP contribution >= 0.6 is 0 Å². The van der Waals surface area contributed by atoms with Crippen molar-refractivity contribution in [1.29, 1.82) is 0 Å². The van der Waals surface area contributed by atoms with Gasteiger partial charge in [-0.1, -0.05) is 0 Å². The molecule has 0 atom stereocenters. The summed E-state index contributed by atoms with van der Waals surface area (Å²) in [6, 6.07) is 0.00608. The van der Waals surface area contributed by atoms with Crippen LogP contribution in [0.1, 0.15) is 29.8 Å². The first-order valence-corrected chi connectivity index (χ1v) is 8.79. The Bertz CT molecular complexity index is 641. The second-order valence-corrected chi connectivity index (χ2v) is 7.84. The van der Waals surface area contributed by atoms with Crippen LogP contribution in [0, 0.1) is 5.41 Å². The van der Waals surface area contributed by atoms with Crippen LogP contribution in [0.3, 0.4) is 0 Å². The highest BCUT2D eigenvalue weighted by atomic mass is 32.2. The molecule has 0 radical (unpaired) electrons. The highest BCUT2D eigenvalue weighted by Crippen LogP contribution is 2.48. The maximum atomic E-state index is 12.3. The molecule has 2 aliphatic rings. The molecule has 3 rings (SSSR count). The van der Waals surface area contributed by atoms with E-state index in [-0.39, 0.29) is 17.4 Å². The molecular weight excluding hydrogens is 292 g/mol. The molecule has 0 bridgehead atoms. The lowest BCUT2D eigenvalue weighted by Gasteiger charge is -2.45. The number of rotatable bonds is 3. The lowest BCUT2D eigenvalue weighted by atomic mass is 9.65. The second kappa shape index (κ2) is 5.03. The largest absolute Gasteiger partial charge is 0.337 e. The average Bonchev–Trinajstić information content (AvgIpc) is 2.82. The number of nitrogens with one attached hydrogen (secondary N) is 1. The van der Waals surface area contributed by atoms with Gasteiger partial charge in [0, 0.05) is 31.5 Å². The van der Waals surface area contributed by atoms with Gasteiger partial charge in [-0.2, -0.15) is 0 Å². The minimum atomic E-state index is -3.15. The maximum absolute atomic E-state index is 12.3. The van der Waals surface area contributed by atoms with Crippen molar-refractivity contribution in [3.63, 3.8) is 0 Å². The fourth-order valence-electron chi connectivity index (χ4n) is 3.38. The lowest BCUT2D eigenvalue weighted by Crippen LogP contribution is -2.51. The Kier molecular flexibility index (Phi) is 3.45. The van der Waals surface area contributed by atoms with Gasteiger partial charge in [0.05, 0.1) is 12.5 Å². The number of aromatic nitrogens is 2. The zero-order valence-electron chi connectivity index (χ0n) is 11.8. The van der Waals surface area contributed by atoms with Crippen molar-refractivity contribution in [3.8, 4) is 0 Å². The van der Waals surface area contributed by atoms with Gasteiger partial charge in [0.15, 0.2) is 0 Å². The van der Waals surface area contributed by atoms with E-state index in [9.17, 15) is 13.2 Å². The minimum absolute atomic E-state index is 0.00608. The van der Waals surface area contributed by atoms with Crippen molar-refractivity contribution in [3.05, 3.63) is 24.3 Å². The first-order chi connectivity index (χ1) is 9.87. The van der Waals surface area contributed by atoms with Crippen LogP contribution in [-0.4, -0.2) is 54.6 Å². The van der Waals surface area contributed by atoms with E-state index in [1.165, 1.54) is 24.8 Å². The van der Waals surface area contributed by atoms with Gasteiger partial charge < -0.3 is 4.90 Å². The molecule has 2 heterocycles. The number of hydrogen-bond acceptors (Lipinski definition) is 5. The quantitative estimate of drug-likeness (QED) is 0.850. The predicted octanol–water partition coefficient (Wildman–Crippen LogP) is 0.0205. The van der Waals surface area contributed by atoms with E-state index in [4.69, 9.17) is 0 Å². The average molecular weight is 310 g/mol. The number of likely N-dealkylation sites (tertiary alicyclic amines) is 1. The number of sulfonamides is 1. The van der Waals surface area contributed by atoms with Crippen molar-refractivity contribution in [2.45, 2.75) is 25.3 Å². The number of amides is 1. The Morgan fingerprint density at radius 1 is 1.43 bits per heavy atom. The molecule has 114 valence electrons. The molecule has 1 saturated carbocycles. The smallest absolute Gasteiger partial charge is 0.274 e. The van der Waals surface area contributed by atoms with Crippen molar-refractivity contribution in [2.24, 2.45) is 5.41 Å². The molecule has 7 nitrogen and oxygen atoms in total. The third-order valence-corrected chi connectivity index (χ3v) is 5.01. The first kappa shape index (κ1) is 14.4. The Hall–Kier alpha value is -1.54. The minimum Gasteiger partial charge on any atom is -0.337 e. The van der Waals surface area contributed by atoms with Crippen LogP contribution in [0.5, 0.6) is 0 Å². The van der Waals surface area contributed by atoms with E-state index in [0.29, 0.717) is 18.8 Å². The highest BCUT2D eigenvalue weighted by molar-refractivity contribution is 7.88. The zero-order chi connectivity index (χ0) is 15.1. The van der Waals surface area contributed by atoms with Crippen LogP contribution in [0.15, 0.2) is 18.6 Å². The molecule has 0 aromatic carbocycles. The van der Waals surface area contributed by atoms with E-state index in [2.05, 4.69) is 14.7 Å². The van der Waals surface area contributed by atoms with Crippen LogP contribution < -0.4 is 4.72 Å². The second-order valence-electron chi connectivity index (χ2n) is 6.06. The van der Waals surface area contributed by atoms with Crippen molar-refractivity contribution < 1.29 is 13.2 Å². The number of carbonyl (C=O) groups excluding carboxylic acids is 1. The van der Waals surface area contributed by atoms with Gasteiger partial charge in [-0.05, 0) is 24.7 Å². The monoisotopic (exact) mass is 310 g/mol. The van der Waals surface area contributed by atoms with Gasteiger partial charge in [0.2, 0.25) is 10.0 Å². The predicted molar refractivity (Wildman–Crippen MR) is 76.0 cm³/mol. The third-order valence-electron chi connectivity index (χ3n) is 4.25. The fourth-order valence-corrected chi connectivity index (χ4v) is 4.16. The van der Waals surface area contributed by atoms with E-state index in [0.717, 1.165) is 19.3 Å². The van der Waals surface area contributed by atoms with Crippen LogP contribution in [0.2, 0.25) is 0 Å². The Morgan fingerprint density at radius 2 is 2.19 bits per heavy atom. The molecule has 1 aromatic heterocycles. The zero-order valence-corrected chi connectivity index (χ0v) is 12.6. The summed E-state index contributed by atoms with van der Waals surface area (Å²) in [6.45, 7) is 1.37. The van der Waals surface area contributed by atoms with Crippen molar-refractivity contribution in [2.75, 3.05) is 19.3 Å². The molecule has 1 spiro atoms. The maximum Gasteiger partial charge on any atom is 0.274 e. The van der Waals surface area contributed by atoms with Crippen molar-refractivity contribution >= 4 is 15.9 Å². The van der Waals surface area contributed by atoms with Gasteiger partial charge in [0.1, 0.15) is 5.69 Å². The molecule has 1 N–H and O–H groups in total. The Morgan fingerprint density at radius 3 is 2.81 bits per heavy atom. The summed E-state index contributed by atoms with van der Waals surface area (Å²) < 4.78 is 25.0. The summed E-state index contributed by atoms with van der Waals surface area (Å²) in [4.78, 5) is 22.0. The standard InChI is InChI=1S/C13H18N4O3S/c1-21(19,20)16-10-6-13(7-10)2-5-17(9-13)12(18)11-8-14-3-4-15-11/h3-4,8,10,16H,2,5-7,9H2,1H3. The number of carbonyl (C=O) groups is 1.